The van der Waals surface area contributed by atoms with E-state index in [1.807, 2.05) is 20.0 Å². The van der Waals surface area contributed by atoms with E-state index in [0.29, 0.717) is 35.6 Å². The van der Waals surface area contributed by atoms with Crippen LogP contribution in [0.5, 0.6) is 5.88 Å². The molecule has 0 unspecified atom stereocenters. The number of hydrogen-bond acceptors (Lipinski definition) is 6. The van der Waals surface area contributed by atoms with Crippen molar-refractivity contribution < 1.29 is 9.53 Å². The van der Waals surface area contributed by atoms with Crippen LogP contribution in [-0.2, 0) is 13.6 Å². The van der Waals surface area contributed by atoms with Gasteiger partial charge < -0.3 is 9.30 Å². The number of ether oxygens (including phenoxy) is 1. The summed E-state index contributed by atoms with van der Waals surface area (Å²) in [6.45, 7) is 7.60. The summed E-state index contributed by atoms with van der Waals surface area (Å²) in [5.41, 5.74) is 4.62. The van der Waals surface area contributed by atoms with Crippen LogP contribution in [0.4, 0.5) is 5.95 Å². The predicted molar refractivity (Wildman–Crippen MR) is 139 cm³/mol. The van der Waals surface area contributed by atoms with Crippen molar-refractivity contribution in [2.45, 2.75) is 45.1 Å². The molecule has 1 amide bonds. The Morgan fingerprint density at radius 2 is 2.09 bits per heavy atom. The van der Waals surface area contributed by atoms with Crippen LogP contribution >= 0.6 is 11.8 Å². The average Bonchev–Trinajstić information content (AvgIpc) is 3.36. The first kappa shape index (κ1) is 23.4. The number of carbonyl (C=O) groups is 1. The Morgan fingerprint density at radius 1 is 1.23 bits per heavy atom. The molecule has 3 aromatic heterocycles. The van der Waals surface area contributed by atoms with Gasteiger partial charge in [-0.15, -0.1) is 11.8 Å². The van der Waals surface area contributed by atoms with E-state index in [4.69, 9.17) is 9.72 Å². The number of anilines is 1. The fraction of sp³-hybridized carbons (Fsp3) is 0.385. The van der Waals surface area contributed by atoms with Crippen molar-refractivity contribution in [1.82, 2.24) is 24.3 Å². The highest BCUT2D eigenvalue weighted by Crippen LogP contribution is 2.31. The summed E-state index contributed by atoms with van der Waals surface area (Å²) in [5.74, 6) is 2.39. The lowest BCUT2D eigenvalue weighted by atomic mass is 10.1. The fourth-order valence-electron chi connectivity index (χ4n) is 4.53. The second-order valence-corrected chi connectivity index (χ2v) is 10.4. The molecule has 5 rings (SSSR count). The first-order valence-electron chi connectivity index (χ1n) is 12.0. The molecule has 2 bridgehead atoms. The van der Waals surface area contributed by atoms with Gasteiger partial charge in [0.2, 0.25) is 11.8 Å². The number of amides is 1. The molecule has 1 N–H and O–H groups in total. The number of imidazole rings is 1. The van der Waals surface area contributed by atoms with Gasteiger partial charge in [-0.1, -0.05) is 13.8 Å². The first-order chi connectivity index (χ1) is 16.9. The molecule has 1 aliphatic heterocycles. The smallest absolute Gasteiger partial charge is 0.258 e. The maximum atomic E-state index is 13.4. The van der Waals surface area contributed by atoms with Gasteiger partial charge in [0, 0.05) is 29.7 Å². The quantitative estimate of drug-likeness (QED) is 0.383. The summed E-state index contributed by atoms with van der Waals surface area (Å²) in [7, 11) is 1.86. The molecule has 0 spiro atoms. The molecule has 4 aromatic rings. The van der Waals surface area contributed by atoms with Crippen LogP contribution in [0.25, 0.3) is 22.3 Å². The number of rotatable bonds is 2. The Morgan fingerprint density at radius 3 is 2.91 bits per heavy atom. The maximum absolute atomic E-state index is 13.4. The van der Waals surface area contributed by atoms with Gasteiger partial charge in [0.1, 0.15) is 0 Å². The molecule has 0 radical (unpaired) electrons. The number of thioether (sulfide) groups is 1. The number of carbonyl (C=O) groups excluding carboxylic acids is 1. The highest BCUT2D eigenvalue weighted by atomic mass is 32.2. The van der Waals surface area contributed by atoms with Crippen molar-refractivity contribution in [3.63, 3.8) is 0 Å². The number of aryl methyl sites for hydroxylation is 2. The fourth-order valence-corrected chi connectivity index (χ4v) is 5.22. The number of pyridine rings is 1. The molecule has 0 saturated carbocycles. The SMILES string of the molecule is CCSc1ccc2nc3n(c2c1)C[C@H](C)CCCOc1c(cnn1C)-c1cc(cc(C)n1)C(=O)N3. The monoisotopic (exact) mass is 490 g/mol. The Bertz CT molecular complexity index is 1390. The first-order valence-corrected chi connectivity index (χ1v) is 13.0. The lowest BCUT2D eigenvalue weighted by molar-refractivity contribution is 0.102. The topological polar surface area (TPSA) is 86.9 Å². The summed E-state index contributed by atoms with van der Waals surface area (Å²) in [4.78, 5) is 24.1. The van der Waals surface area contributed by atoms with Crippen molar-refractivity contribution in [1.29, 1.82) is 0 Å². The zero-order valence-corrected chi connectivity index (χ0v) is 21.4. The van der Waals surface area contributed by atoms with E-state index in [1.165, 1.54) is 4.90 Å². The normalized spacial score (nSPS) is 16.6. The molecule has 8 nitrogen and oxygen atoms in total. The van der Waals surface area contributed by atoms with Crippen LogP contribution in [0.15, 0.2) is 41.4 Å². The highest BCUT2D eigenvalue weighted by Gasteiger charge is 2.21. The third-order valence-corrected chi connectivity index (χ3v) is 7.08. The second kappa shape index (κ2) is 9.73. The predicted octanol–water partition coefficient (Wildman–Crippen LogP) is 5.31. The Labute approximate surface area is 209 Å². The molecule has 1 aliphatic rings. The Hall–Kier alpha value is -3.33. The van der Waals surface area contributed by atoms with Crippen molar-refractivity contribution in [3.05, 3.63) is 47.8 Å². The van der Waals surface area contributed by atoms with Crippen LogP contribution in [0.1, 0.15) is 42.7 Å². The van der Waals surface area contributed by atoms with Crippen LogP contribution in [0.3, 0.4) is 0 Å². The molecule has 182 valence electrons. The molecule has 0 fully saturated rings. The van der Waals surface area contributed by atoms with E-state index >= 15 is 0 Å². The average molecular weight is 491 g/mol. The zero-order valence-electron chi connectivity index (χ0n) is 20.5. The van der Waals surface area contributed by atoms with E-state index in [1.54, 1.807) is 34.8 Å². The second-order valence-electron chi connectivity index (χ2n) is 9.05. The minimum Gasteiger partial charge on any atom is -0.477 e. The van der Waals surface area contributed by atoms with Crippen molar-refractivity contribution in [2.75, 3.05) is 17.7 Å². The number of aromatic nitrogens is 5. The Kier molecular flexibility index (Phi) is 6.51. The molecule has 1 atom stereocenters. The van der Waals surface area contributed by atoms with Gasteiger partial charge in [0.15, 0.2) is 0 Å². The molecule has 9 heteroatoms. The van der Waals surface area contributed by atoms with Gasteiger partial charge in [0.25, 0.3) is 5.91 Å². The molecule has 0 saturated heterocycles. The maximum Gasteiger partial charge on any atom is 0.258 e. The number of nitrogens with zero attached hydrogens (tertiary/aromatic N) is 5. The summed E-state index contributed by atoms with van der Waals surface area (Å²) >= 11 is 1.80. The van der Waals surface area contributed by atoms with Crippen LogP contribution in [-0.4, -0.2) is 42.6 Å². The standard InChI is InChI=1S/C26H30N6O2S/c1-5-35-19-8-9-21-23(13-19)32-15-16(2)7-6-10-34-25-20(14-27-31(25)4)22-12-18(11-17(3)28-22)24(33)30-26(32)29-21/h8-9,11-14,16H,5-7,10,15H2,1-4H3,(H,29,30,33)/t16-/m1/s1. The lowest BCUT2D eigenvalue weighted by Crippen LogP contribution is -2.18. The van der Waals surface area contributed by atoms with E-state index in [-0.39, 0.29) is 5.91 Å². The van der Waals surface area contributed by atoms with Gasteiger partial charge in [-0.25, -0.2) is 9.67 Å². The van der Waals surface area contributed by atoms with E-state index in [2.05, 4.69) is 45.9 Å². The lowest BCUT2D eigenvalue weighted by Gasteiger charge is -2.16. The van der Waals surface area contributed by atoms with E-state index < -0.39 is 0 Å². The van der Waals surface area contributed by atoms with Crippen molar-refractivity contribution >= 4 is 34.7 Å². The summed E-state index contributed by atoms with van der Waals surface area (Å²) in [6, 6.07) is 9.89. The van der Waals surface area contributed by atoms with Crippen molar-refractivity contribution in [3.8, 4) is 17.1 Å². The number of benzene rings is 1. The molecule has 1 aromatic carbocycles. The van der Waals surface area contributed by atoms with Gasteiger partial charge >= 0.3 is 0 Å². The highest BCUT2D eigenvalue weighted by molar-refractivity contribution is 7.99. The van der Waals surface area contributed by atoms with Crippen LogP contribution in [0.2, 0.25) is 0 Å². The van der Waals surface area contributed by atoms with Gasteiger partial charge in [-0.2, -0.15) is 5.10 Å². The van der Waals surface area contributed by atoms with Crippen molar-refractivity contribution in [2.24, 2.45) is 13.0 Å². The third kappa shape index (κ3) is 4.77. The minimum atomic E-state index is -0.217. The molecule has 4 heterocycles. The number of nitrogens with one attached hydrogen (secondary N) is 1. The molecule has 35 heavy (non-hydrogen) atoms. The summed E-state index contributed by atoms with van der Waals surface area (Å²) in [6.07, 6.45) is 3.63. The third-order valence-electron chi connectivity index (χ3n) is 6.21. The number of hydrogen-bond donors (Lipinski definition) is 1. The largest absolute Gasteiger partial charge is 0.477 e. The summed E-state index contributed by atoms with van der Waals surface area (Å²) < 4.78 is 10.0. The minimum absolute atomic E-state index is 0.217. The van der Waals surface area contributed by atoms with Gasteiger partial charge in [-0.3, -0.25) is 15.1 Å². The molecular formula is C26H30N6O2S. The zero-order chi connectivity index (χ0) is 24.5. The molecule has 0 aliphatic carbocycles. The Balaban J connectivity index is 1.60. The van der Waals surface area contributed by atoms with E-state index in [0.717, 1.165) is 47.4 Å². The molecular weight excluding hydrogens is 460 g/mol. The van der Waals surface area contributed by atoms with Gasteiger partial charge in [0.05, 0.1) is 35.1 Å². The van der Waals surface area contributed by atoms with E-state index in [9.17, 15) is 4.79 Å². The van der Waals surface area contributed by atoms with Crippen LogP contribution < -0.4 is 10.1 Å². The summed E-state index contributed by atoms with van der Waals surface area (Å²) in [5, 5.41) is 7.45. The van der Waals surface area contributed by atoms with Gasteiger partial charge in [-0.05, 0) is 61.8 Å². The number of fused-ring (bicyclic) bond motifs is 7. The van der Waals surface area contributed by atoms with Crippen LogP contribution in [0, 0.1) is 12.8 Å².